The fourth-order valence-electron chi connectivity index (χ4n) is 4.57. The second-order valence-corrected chi connectivity index (χ2v) is 10.0. The molecular weight excluding hydrogens is 394 g/mol. The number of aromatic amines is 1. The van der Waals surface area contributed by atoms with Crippen LogP contribution in [-0.4, -0.2) is 64.0 Å². The normalized spacial score (nSPS) is 24.3. The number of piperidine rings is 2. The van der Waals surface area contributed by atoms with Crippen LogP contribution in [0.25, 0.3) is 0 Å². The lowest BCUT2D eigenvalue weighted by molar-refractivity contribution is -0.129. The third-order valence-electron chi connectivity index (χ3n) is 6.24. The average molecular weight is 424 g/mol. The highest BCUT2D eigenvalue weighted by atomic mass is 32.2. The van der Waals surface area contributed by atoms with Crippen molar-refractivity contribution in [2.45, 2.75) is 64.5 Å². The molecule has 4 rings (SSSR count). The van der Waals surface area contributed by atoms with Crippen molar-refractivity contribution in [3.63, 3.8) is 0 Å². The molecular formula is C19H29N5O4S. The quantitative estimate of drug-likeness (QED) is 0.778. The number of aromatic nitrogens is 2. The number of H-pyrrole nitrogens is 1. The van der Waals surface area contributed by atoms with E-state index in [2.05, 4.69) is 9.97 Å². The number of nitrogens with one attached hydrogen (secondary N) is 1. The van der Waals surface area contributed by atoms with Gasteiger partial charge in [0.15, 0.2) is 0 Å². The molecule has 0 spiro atoms. The van der Waals surface area contributed by atoms with Crippen LogP contribution < -0.4 is 5.56 Å². The van der Waals surface area contributed by atoms with E-state index in [0.717, 1.165) is 32.1 Å². The molecule has 4 heterocycles. The molecule has 0 bridgehead atoms. The number of fused-ring (bicyclic) bond motifs is 1. The van der Waals surface area contributed by atoms with Gasteiger partial charge in [-0.2, -0.15) is 17.0 Å². The highest BCUT2D eigenvalue weighted by molar-refractivity contribution is 7.86. The molecule has 9 nitrogen and oxygen atoms in total. The van der Waals surface area contributed by atoms with Crippen LogP contribution in [0, 0.1) is 0 Å². The lowest BCUT2D eigenvalue weighted by Crippen LogP contribution is -2.49. The standard InChI is InChI=1S/C19H29N5O4S/c1-14(25)22-12-8-16-15(13-22)19(26)21-18(20-16)17-7-3-6-11-24(17)29(27,28)23-9-4-2-5-10-23/h17H,2-13H2,1H3,(H,20,21,26)/t17-/m0/s1. The van der Waals surface area contributed by atoms with Crippen molar-refractivity contribution in [1.29, 1.82) is 0 Å². The van der Waals surface area contributed by atoms with Crippen molar-refractivity contribution in [2.24, 2.45) is 0 Å². The number of amides is 1. The third-order valence-corrected chi connectivity index (χ3v) is 8.29. The van der Waals surface area contributed by atoms with Crippen LogP contribution in [0.15, 0.2) is 4.79 Å². The van der Waals surface area contributed by atoms with E-state index in [4.69, 9.17) is 0 Å². The molecule has 2 fully saturated rings. The van der Waals surface area contributed by atoms with Crippen molar-refractivity contribution in [1.82, 2.24) is 23.5 Å². The van der Waals surface area contributed by atoms with Gasteiger partial charge in [0.25, 0.3) is 15.8 Å². The minimum atomic E-state index is -3.58. The van der Waals surface area contributed by atoms with Crippen LogP contribution in [0.3, 0.4) is 0 Å². The average Bonchev–Trinajstić information content (AvgIpc) is 2.74. The first-order chi connectivity index (χ1) is 13.9. The summed E-state index contributed by atoms with van der Waals surface area (Å²) in [7, 11) is -3.58. The summed E-state index contributed by atoms with van der Waals surface area (Å²) in [5, 5.41) is 0. The predicted molar refractivity (Wildman–Crippen MR) is 107 cm³/mol. The van der Waals surface area contributed by atoms with E-state index in [9.17, 15) is 18.0 Å². The summed E-state index contributed by atoms with van der Waals surface area (Å²) in [6.45, 7) is 3.84. The maximum absolute atomic E-state index is 13.3. The van der Waals surface area contributed by atoms with Gasteiger partial charge in [0.2, 0.25) is 5.91 Å². The maximum atomic E-state index is 13.3. The van der Waals surface area contributed by atoms with Crippen LogP contribution in [0.2, 0.25) is 0 Å². The molecule has 0 radical (unpaired) electrons. The molecule has 1 aromatic rings. The van der Waals surface area contributed by atoms with Crippen molar-refractivity contribution in [2.75, 3.05) is 26.2 Å². The number of carbonyl (C=O) groups excluding carboxylic acids is 1. The Kier molecular flexibility index (Phi) is 5.76. The topological polar surface area (TPSA) is 107 Å². The summed E-state index contributed by atoms with van der Waals surface area (Å²) < 4.78 is 29.7. The van der Waals surface area contributed by atoms with Crippen LogP contribution in [0.1, 0.15) is 68.6 Å². The number of rotatable bonds is 3. The summed E-state index contributed by atoms with van der Waals surface area (Å²) in [4.78, 5) is 33.5. The molecule has 1 aromatic heterocycles. The van der Waals surface area contributed by atoms with Crippen LogP contribution in [0.4, 0.5) is 0 Å². The molecule has 1 amide bonds. The number of hydrogen-bond donors (Lipinski definition) is 1. The zero-order valence-corrected chi connectivity index (χ0v) is 17.7. The SMILES string of the molecule is CC(=O)N1CCc2nc([C@@H]3CCCCN3S(=O)(=O)N3CCCCC3)[nH]c(=O)c2C1. The fraction of sp³-hybridized carbons (Fsp3) is 0.737. The molecule has 1 N–H and O–H groups in total. The second kappa shape index (κ2) is 8.16. The Balaban J connectivity index is 1.65. The van der Waals surface area contributed by atoms with Gasteiger partial charge >= 0.3 is 0 Å². The molecule has 160 valence electrons. The minimum absolute atomic E-state index is 0.0646. The van der Waals surface area contributed by atoms with Crippen LogP contribution in [-0.2, 0) is 28.0 Å². The minimum Gasteiger partial charge on any atom is -0.338 e. The van der Waals surface area contributed by atoms with E-state index in [0.29, 0.717) is 56.1 Å². The second-order valence-electron chi connectivity index (χ2n) is 8.16. The van der Waals surface area contributed by atoms with Gasteiger partial charge in [-0.25, -0.2) is 4.98 Å². The molecule has 10 heteroatoms. The molecule has 3 aliphatic heterocycles. The number of nitrogens with zero attached hydrogens (tertiary/aromatic N) is 4. The first kappa shape index (κ1) is 20.5. The third kappa shape index (κ3) is 3.97. The summed E-state index contributed by atoms with van der Waals surface area (Å²) in [6.07, 6.45) is 5.71. The molecule has 0 saturated carbocycles. The van der Waals surface area contributed by atoms with E-state index >= 15 is 0 Å². The summed E-state index contributed by atoms with van der Waals surface area (Å²) in [5.74, 6) is 0.371. The predicted octanol–water partition coefficient (Wildman–Crippen LogP) is 0.932. The summed E-state index contributed by atoms with van der Waals surface area (Å²) >= 11 is 0. The monoisotopic (exact) mass is 423 g/mol. The number of hydrogen-bond acceptors (Lipinski definition) is 5. The van der Waals surface area contributed by atoms with Gasteiger partial charge in [0, 0.05) is 39.5 Å². The van der Waals surface area contributed by atoms with Gasteiger partial charge in [0.1, 0.15) is 5.82 Å². The maximum Gasteiger partial charge on any atom is 0.282 e. The molecule has 0 aromatic carbocycles. The van der Waals surface area contributed by atoms with Gasteiger partial charge in [-0.3, -0.25) is 9.59 Å². The lowest BCUT2D eigenvalue weighted by Gasteiger charge is -2.38. The Bertz CT molecular complexity index is 938. The highest BCUT2D eigenvalue weighted by Gasteiger charge is 2.39. The van der Waals surface area contributed by atoms with E-state index in [-0.39, 0.29) is 18.0 Å². The Hall–Kier alpha value is -1.78. The van der Waals surface area contributed by atoms with Gasteiger partial charge in [0.05, 0.1) is 23.8 Å². The van der Waals surface area contributed by atoms with Crippen molar-refractivity contribution < 1.29 is 13.2 Å². The molecule has 29 heavy (non-hydrogen) atoms. The number of carbonyl (C=O) groups is 1. The fourth-order valence-corrected chi connectivity index (χ4v) is 6.47. The summed E-state index contributed by atoms with van der Waals surface area (Å²) in [5.41, 5.74) is 0.926. The van der Waals surface area contributed by atoms with E-state index in [1.165, 1.54) is 11.2 Å². The van der Waals surface area contributed by atoms with E-state index < -0.39 is 16.3 Å². The van der Waals surface area contributed by atoms with Crippen molar-refractivity contribution in [3.05, 3.63) is 27.4 Å². The van der Waals surface area contributed by atoms with Crippen molar-refractivity contribution >= 4 is 16.1 Å². The van der Waals surface area contributed by atoms with Gasteiger partial charge in [-0.05, 0) is 25.7 Å². The summed E-state index contributed by atoms with van der Waals surface area (Å²) in [6, 6.07) is -0.445. The van der Waals surface area contributed by atoms with Crippen molar-refractivity contribution in [3.8, 4) is 0 Å². The smallest absolute Gasteiger partial charge is 0.282 e. The highest BCUT2D eigenvalue weighted by Crippen LogP contribution is 2.33. The Labute approximate surface area is 171 Å². The van der Waals surface area contributed by atoms with Crippen LogP contribution in [0.5, 0.6) is 0 Å². The zero-order chi connectivity index (χ0) is 20.6. The van der Waals surface area contributed by atoms with E-state index in [1.807, 2.05) is 0 Å². The first-order valence-corrected chi connectivity index (χ1v) is 11.9. The Morgan fingerprint density at radius 2 is 1.79 bits per heavy atom. The molecule has 3 aliphatic rings. The Morgan fingerprint density at radius 1 is 1.07 bits per heavy atom. The lowest BCUT2D eigenvalue weighted by atomic mass is 10.0. The Morgan fingerprint density at radius 3 is 2.52 bits per heavy atom. The molecule has 0 unspecified atom stereocenters. The zero-order valence-electron chi connectivity index (χ0n) is 16.9. The van der Waals surface area contributed by atoms with Crippen LogP contribution >= 0.6 is 0 Å². The first-order valence-electron chi connectivity index (χ1n) is 10.5. The molecule has 0 aliphatic carbocycles. The largest absolute Gasteiger partial charge is 0.338 e. The van der Waals surface area contributed by atoms with Gasteiger partial charge in [-0.1, -0.05) is 12.8 Å². The molecule has 2 saturated heterocycles. The van der Waals surface area contributed by atoms with Gasteiger partial charge in [-0.15, -0.1) is 0 Å². The molecule has 1 atom stereocenters. The van der Waals surface area contributed by atoms with E-state index in [1.54, 1.807) is 9.21 Å². The van der Waals surface area contributed by atoms with Gasteiger partial charge < -0.3 is 9.88 Å².